The molecule has 2 heterocycles. The molecule has 1 unspecified atom stereocenters. The zero-order valence-electron chi connectivity index (χ0n) is 10.9. The minimum Gasteiger partial charge on any atom is -0.356 e. The van der Waals surface area contributed by atoms with Crippen LogP contribution in [0.1, 0.15) is 23.2 Å². The number of carbonyl (C=O) groups is 2. The first-order valence-electron chi connectivity index (χ1n) is 6.14. The number of rotatable bonds is 3. The first kappa shape index (κ1) is 14.2. The molecule has 0 saturated carbocycles. The zero-order chi connectivity index (χ0) is 14.7. The van der Waals surface area contributed by atoms with Gasteiger partial charge in [-0.3, -0.25) is 14.8 Å². The number of halogens is 1. The number of hydrogen-bond donors (Lipinski definition) is 3. The number of likely N-dealkylation sites (N-methyl/N-ethyl adjacent to an activating group) is 1. The topological polar surface area (TPSA) is 94.6 Å². The average Bonchev–Trinajstić information content (AvgIpc) is 2.45. The molecule has 1 aromatic heterocycles. The van der Waals surface area contributed by atoms with Crippen LogP contribution in [0.15, 0.2) is 12.3 Å². The fourth-order valence-electron chi connectivity index (χ4n) is 2.06. The maximum Gasteiger partial charge on any atom is 0.276 e. The van der Waals surface area contributed by atoms with Gasteiger partial charge in [-0.2, -0.15) is 0 Å². The molecule has 20 heavy (non-hydrogen) atoms. The molecular weight excluding hydrogens is 267 g/mol. The fraction of sp³-hybridized carbons (Fsp3) is 0.417. The van der Waals surface area contributed by atoms with Gasteiger partial charge in [0.2, 0.25) is 5.91 Å². The van der Waals surface area contributed by atoms with E-state index < -0.39 is 17.8 Å². The monoisotopic (exact) mass is 282 g/mol. The van der Waals surface area contributed by atoms with Crippen molar-refractivity contribution >= 4 is 17.6 Å². The van der Waals surface area contributed by atoms with E-state index in [1.54, 1.807) is 11.9 Å². The van der Waals surface area contributed by atoms with Crippen LogP contribution in [0.2, 0.25) is 0 Å². The summed E-state index contributed by atoms with van der Waals surface area (Å²) in [5.41, 5.74) is 1.29. The zero-order valence-corrected chi connectivity index (χ0v) is 10.9. The summed E-state index contributed by atoms with van der Waals surface area (Å²) in [5.74, 6) is -1.81. The highest BCUT2D eigenvalue weighted by atomic mass is 19.1. The predicted octanol–water partition coefficient (Wildman–Crippen LogP) is 0.372. The number of nitrogens with zero attached hydrogens (tertiary/aromatic N) is 2. The third kappa shape index (κ3) is 2.85. The summed E-state index contributed by atoms with van der Waals surface area (Å²) in [4.78, 5) is 28.3. The molecule has 2 amide bonds. The van der Waals surface area contributed by atoms with Crippen molar-refractivity contribution in [3.05, 3.63) is 23.6 Å². The van der Waals surface area contributed by atoms with Crippen LogP contribution in [0, 0.1) is 5.82 Å². The van der Waals surface area contributed by atoms with E-state index >= 15 is 0 Å². The Balaban J connectivity index is 2.13. The Labute approximate surface area is 114 Å². The molecule has 0 bridgehead atoms. The molecule has 0 radical (unpaired) electrons. The van der Waals surface area contributed by atoms with Gasteiger partial charge in [0.1, 0.15) is 6.04 Å². The molecule has 108 valence electrons. The molecule has 3 N–H and O–H groups in total. The number of likely N-dealkylation sites (tertiary alicyclic amines) is 1. The van der Waals surface area contributed by atoms with E-state index in [9.17, 15) is 14.0 Å². The van der Waals surface area contributed by atoms with E-state index in [2.05, 4.69) is 10.3 Å². The Bertz CT molecular complexity index is 537. The second-order valence-electron chi connectivity index (χ2n) is 4.59. The molecular formula is C12H15FN4O3. The molecule has 1 saturated heterocycles. The molecule has 2 rings (SSSR count). The molecule has 1 fully saturated rings. The maximum absolute atomic E-state index is 13.8. The van der Waals surface area contributed by atoms with Crippen LogP contribution in [0.25, 0.3) is 0 Å². The SMILES string of the molecule is CN1CCCC(Nc2ncc(C(=O)NO)cc2F)C1=O. The van der Waals surface area contributed by atoms with Crippen molar-refractivity contribution in [1.82, 2.24) is 15.4 Å². The number of hydrogen-bond acceptors (Lipinski definition) is 5. The number of piperidine rings is 1. The van der Waals surface area contributed by atoms with Gasteiger partial charge in [-0.15, -0.1) is 0 Å². The van der Waals surface area contributed by atoms with Crippen molar-refractivity contribution in [1.29, 1.82) is 0 Å². The number of carbonyl (C=O) groups excluding carboxylic acids is 2. The molecule has 0 aliphatic carbocycles. The van der Waals surface area contributed by atoms with Crippen LogP contribution in [0.4, 0.5) is 10.2 Å². The van der Waals surface area contributed by atoms with Gasteiger partial charge in [0.15, 0.2) is 11.6 Å². The van der Waals surface area contributed by atoms with Crippen molar-refractivity contribution in [3.8, 4) is 0 Å². The van der Waals surface area contributed by atoms with Gasteiger partial charge in [0, 0.05) is 19.8 Å². The second kappa shape index (κ2) is 5.83. The lowest BCUT2D eigenvalue weighted by Gasteiger charge is -2.30. The molecule has 8 heteroatoms. The normalized spacial score (nSPS) is 18.9. The number of nitrogens with one attached hydrogen (secondary N) is 2. The second-order valence-corrected chi connectivity index (χ2v) is 4.59. The van der Waals surface area contributed by atoms with Gasteiger partial charge >= 0.3 is 0 Å². The smallest absolute Gasteiger partial charge is 0.276 e. The summed E-state index contributed by atoms with van der Waals surface area (Å²) < 4.78 is 13.8. The predicted molar refractivity (Wildman–Crippen MR) is 67.7 cm³/mol. The van der Waals surface area contributed by atoms with Crippen molar-refractivity contribution in [2.24, 2.45) is 0 Å². The van der Waals surface area contributed by atoms with E-state index in [-0.39, 0.29) is 17.3 Å². The lowest BCUT2D eigenvalue weighted by atomic mass is 10.1. The summed E-state index contributed by atoms with van der Waals surface area (Å²) in [6.07, 6.45) is 2.55. The fourth-order valence-corrected chi connectivity index (χ4v) is 2.06. The molecule has 0 spiro atoms. The Morgan fingerprint density at radius 2 is 2.35 bits per heavy atom. The molecule has 1 aromatic rings. The highest BCUT2D eigenvalue weighted by Crippen LogP contribution is 2.18. The van der Waals surface area contributed by atoms with Crippen molar-refractivity contribution in [2.45, 2.75) is 18.9 Å². The van der Waals surface area contributed by atoms with Gasteiger partial charge in [-0.05, 0) is 18.9 Å². The highest BCUT2D eigenvalue weighted by Gasteiger charge is 2.27. The first-order chi connectivity index (χ1) is 9.52. The third-order valence-electron chi connectivity index (χ3n) is 3.18. The molecule has 1 aliphatic rings. The Hall–Kier alpha value is -2.22. The summed E-state index contributed by atoms with van der Waals surface area (Å²) in [6.45, 7) is 0.683. The number of aromatic nitrogens is 1. The van der Waals surface area contributed by atoms with Crippen LogP contribution >= 0.6 is 0 Å². The van der Waals surface area contributed by atoms with Crippen molar-refractivity contribution < 1.29 is 19.2 Å². The van der Waals surface area contributed by atoms with Crippen molar-refractivity contribution in [3.63, 3.8) is 0 Å². The first-order valence-corrected chi connectivity index (χ1v) is 6.14. The largest absolute Gasteiger partial charge is 0.356 e. The van der Waals surface area contributed by atoms with E-state index in [1.165, 1.54) is 5.48 Å². The number of pyridine rings is 1. The average molecular weight is 282 g/mol. The molecule has 1 atom stereocenters. The highest BCUT2D eigenvalue weighted by molar-refractivity contribution is 5.93. The van der Waals surface area contributed by atoms with Gasteiger partial charge in [0.05, 0.1) is 5.56 Å². The van der Waals surface area contributed by atoms with Gasteiger partial charge in [0.25, 0.3) is 5.91 Å². The van der Waals surface area contributed by atoms with E-state index in [1.807, 2.05) is 0 Å². The standard InChI is InChI=1S/C12H15FN4O3/c1-17-4-2-3-9(12(17)19)15-10-8(13)5-7(6-14-10)11(18)16-20/h5-6,9,20H,2-4H2,1H3,(H,14,15)(H,16,18). The van der Waals surface area contributed by atoms with Gasteiger partial charge in [-0.25, -0.2) is 14.9 Å². The number of hydroxylamine groups is 1. The summed E-state index contributed by atoms with van der Waals surface area (Å²) in [5, 5.41) is 11.2. The Morgan fingerprint density at radius 1 is 1.60 bits per heavy atom. The van der Waals surface area contributed by atoms with E-state index in [0.29, 0.717) is 13.0 Å². The third-order valence-corrected chi connectivity index (χ3v) is 3.18. The lowest BCUT2D eigenvalue weighted by molar-refractivity contribution is -0.132. The minimum absolute atomic E-state index is 0.0897. The summed E-state index contributed by atoms with van der Waals surface area (Å²) in [7, 11) is 1.69. The van der Waals surface area contributed by atoms with E-state index in [4.69, 9.17) is 5.21 Å². The number of amides is 2. The molecule has 7 nitrogen and oxygen atoms in total. The molecule has 1 aliphatic heterocycles. The van der Waals surface area contributed by atoms with Crippen LogP contribution in [0.5, 0.6) is 0 Å². The Morgan fingerprint density at radius 3 is 3.00 bits per heavy atom. The van der Waals surface area contributed by atoms with Crippen LogP contribution in [-0.2, 0) is 4.79 Å². The maximum atomic E-state index is 13.8. The molecule has 0 aromatic carbocycles. The summed E-state index contributed by atoms with van der Waals surface area (Å²) >= 11 is 0. The van der Waals surface area contributed by atoms with Crippen LogP contribution in [-0.4, -0.2) is 46.5 Å². The summed E-state index contributed by atoms with van der Waals surface area (Å²) in [6, 6.07) is 0.422. The quantitative estimate of drug-likeness (QED) is 0.550. The van der Waals surface area contributed by atoms with Gasteiger partial charge < -0.3 is 10.2 Å². The number of anilines is 1. The van der Waals surface area contributed by atoms with Crippen LogP contribution in [0.3, 0.4) is 0 Å². The van der Waals surface area contributed by atoms with Crippen molar-refractivity contribution in [2.75, 3.05) is 18.9 Å². The lowest BCUT2D eigenvalue weighted by Crippen LogP contribution is -2.45. The minimum atomic E-state index is -0.851. The van der Waals surface area contributed by atoms with E-state index in [0.717, 1.165) is 18.7 Å². The van der Waals surface area contributed by atoms with Crippen LogP contribution < -0.4 is 10.8 Å². The van der Waals surface area contributed by atoms with Gasteiger partial charge in [-0.1, -0.05) is 0 Å². The Kier molecular flexibility index (Phi) is 4.14.